The van der Waals surface area contributed by atoms with Crippen LogP contribution in [0.1, 0.15) is 29.9 Å². The number of halogens is 1. The molecule has 0 bridgehead atoms. The van der Waals surface area contributed by atoms with Gasteiger partial charge in [0.05, 0.1) is 0 Å². The molecule has 0 fully saturated rings. The molecule has 2 aromatic rings. The van der Waals surface area contributed by atoms with E-state index in [2.05, 4.69) is 29.5 Å². The zero-order chi connectivity index (χ0) is 16.1. The first-order chi connectivity index (χ1) is 10.5. The number of pyridine rings is 1. The number of hydrogen-bond acceptors (Lipinski definition) is 3. The molecule has 0 spiro atoms. The average molecular weight is 318 g/mol. The smallest absolute Gasteiger partial charge is 0.274 e. The summed E-state index contributed by atoms with van der Waals surface area (Å²) in [6, 6.07) is 9.02. The number of carbonyl (C=O) groups excluding carboxylic acids is 1. The van der Waals surface area contributed by atoms with Crippen molar-refractivity contribution in [3.63, 3.8) is 0 Å². The van der Waals surface area contributed by atoms with Crippen LogP contribution in [0.5, 0.6) is 0 Å². The van der Waals surface area contributed by atoms with Crippen molar-refractivity contribution in [1.29, 1.82) is 0 Å². The van der Waals surface area contributed by atoms with E-state index in [0.717, 1.165) is 17.8 Å². The Morgan fingerprint density at radius 1 is 1.32 bits per heavy atom. The number of anilines is 2. The molecule has 116 valence electrons. The number of benzene rings is 1. The molecule has 1 aromatic carbocycles. The maximum atomic E-state index is 12.3. The van der Waals surface area contributed by atoms with E-state index in [4.69, 9.17) is 11.6 Å². The Balaban J connectivity index is 2.12. The van der Waals surface area contributed by atoms with Crippen molar-refractivity contribution in [3.8, 4) is 0 Å². The number of carbonyl (C=O) groups is 1. The molecule has 5 heteroatoms. The predicted molar refractivity (Wildman–Crippen MR) is 91.7 cm³/mol. The minimum atomic E-state index is -0.251. The summed E-state index contributed by atoms with van der Waals surface area (Å²) in [5.74, 6) is 0.276. The second kappa shape index (κ2) is 7.27. The molecule has 0 unspecified atom stereocenters. The van der Waals surface area contributed by atoms with Crippen LogP contribution in [-0.4, -0.2) is 17.4 Å². The lowest BCUT2D eigenvalue weighted by atomic mass is 10.2. The van der Waals surface area contributed by atoms with Crippen LogP contribution in [0.15, 0.2) is 36.5 Å². The summed E-state index contributed by atoms with van der Waals surface area (Å²) < 4.78 is 0. The summed E-state index contributed by atoms with van der Waals surface area (Å²) in [7, 11) is 0. The number of nitrogens with one attached hydrogen (secondary N) is 2. The quantitative estimate of drug-likeness (QED) is 0.861. The van der Waals surface area contributed by atoms with Crippen molar-refractivity contribution in [2.45, 2.75) is 20.8 Å². The minimum Gasteiger partial charge on any atom is -0.385 e. The summed E-state index contributed by atoms with van der Waals surface area (Å²) in [6.07, 6.45) is 1.63. The molecule has 0 aliphatic carbocycles. The number of nitrogens with zero attached hydrogens (tertiary/aromatic N) is 1. The molecule has 0 saturated carbocycles. The zero-order valence-electron chi connectivity index (χ0n) is 13.0. The third-order valence-electron chi connectivity index (χ3n) is 3.22. The van der Waals surface area contributed by atoms with Gasteiger partial charge in [0, 0.05) is 29.1 Å². The minimum absolute atomic E-state index is 0.251. The van der Waals surface area contributed by atoms with Crippen LogP contribution in [-0.2, 0) is 0 Å². The molecular weight excluding hydrogens is 298 g/mol. The lowest BCUT2D eigenvalue weighted by Gasteiger charge is -2.11. The van der Waals surface area contributed by atoms with Crippen LogP contribution in [0.25, 0.3) is 0 Å². The first-order valence-corrected chi connectivity index (χ1v) is 7.61. The standard InChI is InChI=1S/C17H20ClN3O/c1-11(2)10-20-13-7-8-19-16(9-13)17(22)21-15-6-4-5-14(18)12(15)3/h4-9,11H,10H2,1-3H3,(H,19,20)(H,21,22). The summed E-state index contributed by atoms with van der Waals surface area (Å²) >= 11 is 6.06. The number of rotatable bonds is 5. The third kappa shape index (κ3) is 4.21. The Morgan fingerprint density at radius 3 is 2.82 bits per heavy atom. The highest BCUT2D eigenvalue weighted by Gasteiger charge is 2.11. The third-order valence-corrected chi connectivity index (χ3v) is 3.63. The molecule has 2 rings (SSSR count). The average Bonchev–Trinajstić information content (AvgIpc) is 2.50. The van der Waals surface area contributed by atoms with Gasteiger partial charge in [0.25, 0.3) is 5.91 Å². The van der Waals surface area contributed by atoms with E-state index >= 15 is 0 Å². The van der Waals surface area contributed by atoms with E-state index in [1.165, 1.54) is 0 Å². The Morgan fingerprint density at radius 2 is 2.09 bits per heavy atom. The first-order valence-electron chi connectivity index (χ1n) is 7.23. The lowest BCUT2D eigenvalue weighted by molar-refractivity contribution is 0.102. The van der Waals surface area contributed by atoms with Gasteiger partial charge < -0.3 is 10.6 Å². The van der Waals surface area contributed by atoms with Gasteiger partial charge in [0.2, 0.25) is 0 Å². The van der Waals surface area contributed by atoms with Crippen LogP contribution in [0.2, 0.25) is 5.02 Å². The van der Waals surface area contributed by atoms with E-state index in [0.29, 0.717) is 22.3 Å². The van der Waals surface area contributed by atoms with E-state index in [1.54, 1.807) is 24.4 Å². The normalized spacial score (nSPS) is 10.6. The summed E-state index contributed by atoms with van der Waals surface area (Å²) in [4.78, 5) is 16.5. The molecule has 4 nitrogen and oxygen atoms in total. The Kier molecular flexibility index (Phi) is 5.39. The van der Waals surface area contributed by atoms with Crippen LogP contribution < -0.4 is 10.6 Å². The van der Waals surface area contributed by atoms with Gasteiger partial charge in [-0.1, -0.05) is 31.5 Å². The highest BCUT2D eigenvalue weighted by Crippen LogP contribution is 2.23. The number of amides is 1. The number of hydrogen-bond donors (Lipinski definition) is 2. The summed E-state index contributed by atoms with van der Waals surface area (Å²) in [5, 5.41) is 6.75. The van der Waals surface area contributed by atoms with Crippen LogP contribution in [0.4, 0.5) is 11.4 Å². The van der Waals surface area contributed by atoms with E-state index in [-0.39, 0.29) is 5.91 Å². The predicted octanol–water partition coefficient (Wildman–Crippen LogP) is 4.36. The van der Waals surface area contributed by atoms with E-state index in [1.807, 2.05) is 19.1 Å². The zero-order valence-corrected chi connectivity index (χ0v) is 13.7. The van der Waals surface area contributed by atoms with Crippen molar-refractivity contribution >= 4 is 28.9 Å². The van der Waals surface area contributed by atoms with E-state index in [9.17, 15) is 4.79 Å². The fourth-order valence-electron chi connectivity index (χ4n) is 1.92. The SMILES string of the molecule is Cc1c(Cl)cccc1NC(=O)c1cc(NCC(C)C)ccn1. The van der Waals surface area contributed by atoms with Crippen LogP contribution in [0.3, 0.4) is 0 Å². The molecule has 0 radical (unpaired) electrons. The maximum absolute atomic E-state index is 12.3. The fraction of sp³-hybridized carbons (Fsp3) is 0.294. The Bertz CT molecular complexity index is 671. The van der Waals surface area contributed by atoms with E-state index < -0.39 is 0 Å². The second-order valence-corrected chi connectivity index (χ2v) is 5.98. The van der Waals surface area contributed by atoms with Crippen LogP contribution in [0, 0.1) is 12.8 Å². The molecule has 2 N–H and O–H groups in total. The molecule has 0 aliphatic rings. The van der Waals surface area contributed by atoms with Gasteiger partial charge in [0.1, 0.15) is 5.69 Å². The molecule has 1 amide bonds. The Labute approximate surface area is 135 Å². The highest BCUT2D eigenvalue weighted by atomic mass is 35.5. The maximum Gasteiger partial charge on any atom is 0.274 e. The monoisotopic (exact) mass is 317 g/mol. The molecule has 0 atom stereocenters. The van der Waals surface area contributed by atoms with Gasteiger partial charge in [-0.15, -0.1) is 0 Å². The molecule has 0 aliphatic heterocycles. The largest absolute Gasteiger partial charge is 0.385 e. The first kappa shape index (κ1) is 16.3. The van der Waals surface area contributed by atoms with Gasteiger partial charge in [-0.05, 0) is 42.7 Å². The summed E-state index contributed by atoms with van der Waals surface area (Å²) in [6.45, 7) is 6.97. The Hall–Kier alpha value is -2.07. The molecule has 22 heavy (non-hydrogen) atoms. The van der Waals surface area contributed by atoms with Crippen LogP contribution >= 0.6 is 11.6 Å². The number of aromatic nitrogens is 1. The fourth-order valence-corrected chi connectivity index (χ4v) is 2.09. The molecular formula is C17H20ClN3O. The van der Waals surface area contributed by atoms with Crippen molar-refractivity contribution < 1.29 is 4.79 Å². The molecule has 1 heterocycles. The highest BCUT2D eigenvalue weighted by molar-refractivity contribution is 6.31. The lowest BCUT2D eigenvalue weighted by Crippen LogP contribution is -2.15. The van der Waals surface area contributed by atoms with Gasteiger partial charge in [-0.2, -0.15) is 0 Å². The molecule has 0 saturated heterocycles. The van der Waals surface area contributed by atoms with Gasteiger partial charge >= 0.3 is 0 Å². The summed E-state index contributed by atoms with van der Waals surface area (Å²) in [5.41, 5.74) is 2.79. The van der Waals surface area contributed by atoms with Crippen molar-refractivity contribution in [2.24, 2.45) is 5.92 Å². The topological polar surface area (TPSA) is 54.0 Å². The van der Waals surface area contributed by atoms with Gasteiger partial charge in [-0.3, -0.25) is 9.78 Å². The second-order valence-electron chi connectivity index (χ2n) is 5.57. The molecule has 1 aromatic heterocycles. The van der Waals surface area contributed by atoms with Crippen molar-refractivity contribution in [3.05, 3.63) is 52.8 Å². The van der Waals surface area contributed by atoms with Crippen molar-refractivity contribution in [1.82, 2.24) is 4.98 Å². The van der Waals surface area contributed by atoms with Crippen molar-refractivity contribution in [2.75, 3.05) is 17.2 Å². The van der Waals surface area contributed by atoms with Gasteiger partial charge in [-0.25, -0.2) is 0 Å². The van der Waals surface area contributed by atoms with Gasteiger partial charge in [0.15, 0.2) is 0 Å².